The topological polar surface area (TPSA) is 56.7 Å². The minimum atomic E-state index is 0. The summed E-state index contributed by atoms with van der Waals surface area (Å²) < 4.78 is 0. The summed E-state index contributed by atoms with van der Waals surface area (Å²) in [7, 11) is 1.80. The molecule has 1 aromatic rings. The van der Waals surface area contributed by atoms with Crippen LogP contribution in [0.5, 0.6) is 0 Å². The third-order valence-electron chi connectivity index (χ3n) is 3.87. The van der Waals surface area contributed by atoms with Crippen molar-refractivity contribution in [3.8, 4) is 0 Å². The molecule has 0 saturated heterocycles. The summed E-state index contributed by atoms with van der Waals surface area (Å²) in [5.74, 6) is 1.01. The van der Waals surface area contributed by atoms with Crippen molar-refractivity contribution in [3.05, 3.63) is 35.4 Å². The van der Waals surface area contributed by atoms with Crippen LogP contribution in [-0.4, -0.2) is 43.4 Å². The first kappa shape index (κ1) is 19.7. The first-order chi connectivity index (χ1) is 10.6. The molecule has 0 saturated carbocycles. The van der Waals surface area contributed by atoms with E-state index in [1.54, 1.807) is 7.05 Å². The lowest BCUT2D eigenvalue weighted by atomic mass is 10.0. The molecule has 0 bridgehead atoms. The van der Waals surface area contributed by atoms with Crippen LogP contribution in [0.2, 0.25) is 0 Å². The number of hydrogen-bond acceptors (Lipinski definition) is 2. The Kier molecular flexibility index (Phi) is 8.36. The Morgan fingerprint density at radius 3 is 2.52 bits per heavy atom. The fraction of sp³-hybridized carbons (Fsp3) is 0.529. The van der Waals surface area contributed by atoms with Crippen LogP contribution in [0.3, 0.4) is 0 Å². The fourth-order valence-corrected chi connectivity index (χ4v) is 2.57. The summed E-state index contributed by atoms with van der Waals surface area (Å²) >= 11 is 0. The second-order valence-corrected chi connectivity index (χ2v) is 5.86. The number of halogens is 1. The van der Waals surface area contributed by atoms with E-state index in [2.05, 4.69) is 44.8 Å². The van der Waals surface area contributed by atoms with Crippen LogP contribution in [0.1, 0.15) is 25.0 Å². The van der Waals surface area contributed by atoms with Crippen LogP contribution >= 0.6 is 24.0 Å². The highest BCUT2D eigenvalue weighted by Gasteiger charge is 2.18. The molecule has 1 heterocycles. The molecule has 0 fully saturated rings. The van der Waals surface area contributed by atoms with Crippen LogP contribution in [0, 0.1) is 5.92 Å². The van der Waals surface area contributed by atoms with E-state index in [1.165, 1.54) is 11.1 Å². The van der Waals surface area contributed by atoms with E-state index in [-0.39, 0.29) is 35.8 Å². The number of carbonyl (C=O) groups is 1. The fourth-order valence-electron chi connectivity index (χ4n) is 2.57. The zero-order valence-corrected chi connectivity index (χ0v) is 16.5. The number of guanidine groups is 1. The highest BCUT2D eigenvalue weighted by molar-refractivity contribution is 14.0. The maximum absolute atomic E-state index is 11.5. The van der Waals surface area contributed by atoms with Crippen LogP contribution in [0.15, 0.2) is 29.3 Å². The molecular formula is C17H27IN4O. The van der Waals surface area contributed by atoms with Gasteiger partial charge >= 0.3 is 0 Å². The first-order valence-corrected chi connectivity index (χ1v) is 7.92. The third-order valence-corrected chi connectivity index (χ3v) is 3.87. The van der Waals surface area contributed by atoms with Crippen molar-refractivity contribution in [2.24, 2.45) is 10.9 Å². The molecule has 23 heavy (non-hydrogen) atoms. The number of nitrogens with one attached hydrogen (secondary N) is 2. The minimum absolute atomic E-state index is 0. The van der Waals surface area contributed by atoms with Crippen molar-refractivity contribution in [1.29, 1.82) is 0 Å². The molecule has 0 aromatic heterocycles. The average Bonchev–Trinajstić information content (AvgIpc) is 2.54. The molecule has 1 aliphatic heterocycles. The van der Waals surface area contributed by atoms with Gasteiger partial charge in [0.2, 0.25) is 5.91 Å². The number of nitrogens with zero attached hydrogens (tertiary/aromatic N) is 2. The molecule has 1 aliphatic rings. The monoisotopic (exact) mass is 430 g/mol. The lowest BCUT2D eigenvalue weighted by molar-refractivity contribution is -0.123. The van der Waals surface area contributed by atoms with Crippen molar-refractivity contribution >= 4 is 35.8 Å². The van der Waals surface area contributed by atoms with E-state index in [4.69, 9.17) is 0 Å². The SMILES string of the molecule is CN=C(NCCNC(=O)C(C)C)N1CCc2ccccc2C1.I. The smallest absolute Gasteiger partial charge is 0.222 e. The van der Waals surface area contributed by atoms with Crippen molar-refractivity contribution in [2.45, 2.75) is 26.8 Å². The maximum Gasteiger partial charge on any atom is 0.222 e. The summed E-state index contributed by atoms with van der Waals surface area (Å²) in [6.07, 6.45) is 1.04. The second-order valence-electron chi connectivity index (χ2n) is 5.86. The van der Waals surface area contributed by atoms with Crippen molar-refractivity contribution < 1.29 is 4.79 Å². The quantitative estimate of drug-likeness (QED) is 0.333. The molecule has 0 aliphatic carbocycles. The van der Waals surface area contributed by atoms with Gasteiger partial charge in [-0.1, -0.05) is 38.1 Å². The van der Waals surface area contributed by atoms with E-state index in [0.717, 1.165) is 25.5 Å². The van der Waals surface area contributed by atoms with Gasteiger partial charge in [-0.15, -0.1) is 24.0 Å². The largest absolute Gasteiger partial charge is 0.354 e. The van der Waals surface area contributed by atoms with Gasteiger partial charge in [-0.2, -0.15) is 0 Å². The molecule has 2 rings (SSSR count). The highest BCUT2D eigenvalue weighted by atomic mass is 127. The average molecular weight is 430 g/mol. The molecule has 5 nitrogen and oxygen atoms in total. The molecule has 0 unspecified atom stereocenters. The number of hydrogen-bond donors (Lipinski definition) is 2. The van der Waals surface area contributed by atoms with E-state index >= 15 is 0 Å². The molecule has 0 radical (unpaired) electrons. The predicted octanol–water partition coefficient (Wildman–Crippen LogP) is 2.01. The van der Waals surface area contributed by atoms with Crippen LogP contribution in [0.25, 0.3) is 0 Å². The number of rotatable bonds is 4. The van der Waals surface area contributed by atoms with Gasteiger partial charge in [-0.05, 0) is 17.5 Å². The number of carbonyl (C=O) groups excluding carboxylic acids is 1. The molecule has 0 atom stereocenters. The van der Waals surface area contributed by atoms with Crippen molar-refractivity contribution in [1.82, 2.24) is 15.5 Å². The van der Waals surface area contributed by atoms with Crippen LogP contribution in [-0.2, 0) is 17.8 Å². The van der Waals surface area contributed by atoms with Crippen LogP contribution < -0.4 is 10.6 Å². The summed E-state index contributed by atoms with van der Waals surface area (Å²) in [6, 6.07) is 8.56. The van der Waals surface area contributed by atoms with Crippen LogP contribution in [0.4, 0.5) is 0 Å². The Bertz CT molecular complexity index is 545. The summed E-state index contributed by atoms with van der Waals surface area (Å²) in [6.45, 7) is 6.94. The maximum atomic E-state index is 11.5. The molecule has 1 amide bonds. The molecule has 128 valence electrons. The van der Waals surface area contributed by atoms with Crippen molar-refractivity contribution in [2.75, 3.05) is 26.7 Å². The van der Waals surface area contributed by atoms with Gasteiger partial charge in [0.25, 0.3) is 0 Å². The second kappa shape index (κ2) is 9.75. The van der Waals surface area contributed by atoms with Gasteiger partial charge in [0.15, 0.2) is 5.96 Å². The van der Waals surface area contributed by atoms with E-state index in [0.29, 0.717) is 13.1 Å². The molecular weight excluding hydrogens is 403 g/mol. The Labute approximate surface area is 156 Å². The predicted molar refractivity (Wildman–Crippen MR) is 105 cm³/mol. The van der Waals surface area contributed by atoms with Gasteiger partial charge in [0.05, 0.1) is 0 Å². The van der Waals surface area contributed by atoms with Gasteiger partial charge in [0.1, 0.15) is 0 Å². The normalized spacial score (nSPS) is 14.1. The number of fused-ring (bicyclic) bond motifs is 1. The number of benzene rings is 1. The third kappa shape index (κ3) is 5.67. The standard InChI is InChI=1S/C17H26N4O.HI/c1-13(2)16(22)19-9-10-20-17(18-3)21-11-8-14-6-4-5-7-15(14)12-21;/h4-7,13H,8-12H2,1-3H3,(H,18,20)(H,19,22);1H. The number of amides is 1. The minimum Gasteiger partial charge on any atom is -0.354 e. The Balaban J connectivity index is 0.00000264. The Morgan fingerprint density at radius 1 is 1.22 bits per heavy atom. The summed E-state index contributed by atoms with van der Waals surface area (Å²) in [5.41, 5.74) is 2.79. The Hall–Kier alpha value is -1.31. The molecule has 1 aromatic carbocycles. The van der Waals surface area contributed by atoms with E-state index in [1.807, 2.05) is 13.8 Å². The zero-order chi connectivity index (χ0) is 15.9. The zero-order valence-electron chi connectivity index (χ0n) is 14.1. The van der Waals surface area contributed by atoms with Gasteiger partial charge < -0.3 is 15.5 Å². The van der Waals surface area contributed by atoms with Gasteiger partial charge in [0, 0.05) is 39.1 Å². The van der Waals surface area contributed by atoms with E-state index < -0.39 is 0 Å². The summed E-state index contributed by atoms with van der Waals surface area (Å²) in [5, 5.41) is 6.23. The molecule has 2 N–H and O–H groups in total. The van der Waals surface area contributed by atoms with E-state index in [9.17, 15) is 4.79 Å². The van der Waals surface area contributed by atoms with Crippen molar-refractivity contribution in [3.63, 3.8) is 0 Å². The van der Waals surface area contributed by atoms with Gasteiger partial charge in [-0.25, -0.2) is 0 Å². The molecule has 0 spiro atoms. The Morgan fingerprint density at radius 2 is 1.87 bits per heavy atom. The highest BCUT2D eigenvalue weighted by Crippen LogP contribution is 2.18. The first-order valence-electron chi connectivity index (χ1n) is 7.92. The summed E-state index contributed by atoms with van der Waals surface area (Å²) in [4.78, 5) is 18.1. The number of aliphatic imine (C=N–C) groups is 1. The lowest BCUT2D eigenvalue weighted by Gasteiger charge is -2.31. The lowest BCUT2D eigenvalue weighted by Crippen LogP contribution is -2.46. The molecule has 6 heteroatoms. The van der Waals surface area contributed by atoms with Gasteiger partial charge in [-0.3, -0.25) is 9.79 Å².